The van der Waals surface area contributed by atoms with Gasteiger partial charge in [0.05, 0.1) is 0 Å². The van der Waals surface area contributed by atoms with Crippen LogP contribution in [-0.4, -0.2) is 22.4 Å². The van der Waals surface area contributed by atoms with Crippen molar-refractivity contribution in [2.24, 2.45) is 11.1 Å². The van der Waals surface area contributed by atoms with Gasteiger partial charge in [-0.1, -0.05) is 18.0 Å². The van der Waals surface area contributed by atoms with E-state index < -0.39 is 4.92 Å². The maximum atomic E-state index is 10.1. The molecule has 1 rings (SSSR count). The predicted octanol–water partition coefficient (Wildman–Crippen LogP) is 1.28. The molecule has 0 unspecified atom stereocenters. The average molecular weight is 172 g/mol. The standard InChI is InChI=1S/C7H12N2O3/c10-8-7(5-9(11)12)6-3-1-2-4-6/h6,10H,1-5H2/b8-7+. The van der Waals surface area contributed by atoms with E-state index in [9.17, 15) is 10.1 Å². The minimum atomic E-state index is -0.451. The Labute approximate surface area is 70.2 Å². The number of hydrogen-bond acceptors (Lipinski definition) is 4. The molecule has 0 aromatic rings. The van der Waals surface area contributed by atoms with Crippen LogP contribution in [0.4, 0.5) is 0 Å². The van der Waals surface area contributed by atoms with Crippen molar-refractivity contribution in [3.8, 4) is 0 Å². The Hall–Kier alpha value is -1.13. The van der Waals surface area contributed by atoms with Gasteiger partial charge in [0.25, 0.3) is 0 Å². The lowest BCUT2D eigenvalue weighted by Gasteiger charge is -2.05. The smallest absolute Gasteiger partial charge is 0.245 e. The van der Waals surface area contributed by atoms with Gasteiger partial charge in [0.2, 0.25) is 6.54 Å². The molecule has 68 valence electrons. The highest BCUT2D eigenvalue weighted by atomic mass is 16.6. The molecule has 1 fully saturated rings. The second-order valence-corrected chi connectivity index (χ2v) is 3.06. The van der Waals surface area contributed by atoms with E-state index in [0.29, 0.717) is 5.71 Å². The lowest BCUT2D eigenvalue weighted by molar-refractivity contribution is -0.463. The molecule has 0 spiro atoms. The molecule has 0 saturated heterocycles. The normalized spacial score (nSPS) is 19.8. The second kappa shape index (κ2) is 4.04. The summed E-state index contributed by atoms with van der Waals surface area (Å²) in [5.41, 5.74) is 0.331. The summed E-state index contributed by atoms with van der Waals surface area (Å²) in [6, 6.07) is 0. The first kappa shape index (κ1) is 8.96. The molecule has 0 amide bonds. The molecule has 0 atom stereocenters. The van der Waals surface area contributed by atoms with E-state index in [2.05, 4.69) is 5.16 Å². The minimum Gasteiger partial charge on any atom is -0.411 e. The van der Waals surface area contributed by atoms with E-state index in [1.165, 1.54) is 0 Å². The van der Waals surface area contributed by atoms with Crippen molar-refractivity contribution in [1.82, 2.24) is 0 Å². The van der Waals surface area contributed by atoms with Crippen LogP contribution in [0.25, 0.3) is 0 Å². The summed E-state index contributed by atoms with van der Waals surface area (Å²) in [5, 5.41) is 21.6. The fourth-order valence-corrected chi connectivity index (χ4v) is 1.63. The number of nitrogens with zero attached hydrogens (tertiary/aromatic N) is 2. The Kier molecular flexibility index (Phi) is 3.01. The van der Waals surface area contributed by atoms with E-state index in [0.717, 1.165) is 25.7 Å². The first-order valence-electron chi connectivity index (χ1n) is 4.06. The first-order valence-corrected chi connectivity index (χ1v) is 4.06. The molecule has 5 heteroatoms. The fourth-order valence-electron chi connectivity index (χ4n) is 1.63. The van der Waals surface area contributed by atoms with Gasteiger partial charge >= 0.3 is 0 Å². The van der Waals surface area contributed by atoms with E-state index in [1.807, 2.05) is 0 Å². The molecule has 1 aliphatic carbocycles. The second-order valence-electron chi connectivity index (χ2n) is 3.06. The van der Waals surface area contributed by atoms with Crippen LogP contribution in [0, 0.1) is 16.0 Å². The van der Waals surface area contributed by atoms with Crippen molar-refractivity contribution < 1.29 is 10.1 Å². The van der Waals surface area contributed by atoms with Gasteiger partial charge in [-0.2, -0.15) is 0 Å². The third kappa shape index (κ3) is 2.18. The van der Waals surface area contributed by atoms with Crippen LogP contribution >= 0.6 is 0 Å². The molecule has 1 N–H and O–H groups in total. The SMILES string of the molecule is O=[N+]([O-])C/C(=N\O)C1CCCC1. The zero-order valence-electron chi connectivity index (χ0n) is 6.77. The molecule has 1 aliphatic rings. The topological polar surface area (TPSA) is 75.7 Å². The van der Waals surface area contributed by atoms with E-state index in [4.69, 9.17) is 5.21 Å². The molecule has 12 heavy (non-hydrogen) atoms. The van der Waals surface area contributed by atoms with Crippen LogP contribution < -0.4 is 0 Å². The highest BCUT2D eigenvalue weighted by Crippen LogP contribution is 2.25. The van der Waals surface area contributed by atoms with Gasteiger partial charge in [0.1, 0.15) is 5.71 Å². The quantitative estimate of drug-likeness (QED) is 0.301. The Balaban J connectivity index is 2.50. The molecule has 5 nitrogen and oxygen atoms in total. The lowest BCUT2D eigenvalue weighted by Crippen LogP contribution is -2.21. The van der Waals surface area contributed by atoms with Gasteiger partial charge in [0, 0.05) is 10.8 Å². The maximum absolute atomic E-state index is 10.1. The zero-order valence-corrected chi connectivity index (χ0v) is 6.77. The predicted molar refractivity (Wildman–Crippen MR) is 43.0 cm³/mol. The average Bonchev–Trinajstić information content (AvgIpc) is 2.51. The van der Waals surface area contributed by atoms with Crippen molar-refractivity contribution in [3.05, 3.63) is 10.1 Å². The van der Waals surface area contributed by atoms with Crippen LogP contribution in [0.2, 0.25) is 0 Å². The van der Waals surface area contributed by atoms with Gasteiger partial charge in [-0.3, -0.25) is 10.1 Å². The fraction of sp³-hybridized carbons (Fsp3) is 0.857. The number of hydrogen-bond donors (Lipinski definition) is 1. The summed E-state index contributed by atoms with van der Waals surface area (Å²) >= 11 is 0. The molecule has 0 heterocycles. The summed E-state index contributed by atoms with van der Waals surface area (Å²) in [6.07, 6.45) is 4.02. The number of oxime groups is 1. The summed E-state index contributed by atoms with van der Waals surface area (Å²) in [4.78, 5) is 9.69. The molecular weight excluding hydrogens is 160 g/mol. The van der Waals surface area contributed by atoms with Crippen LogP contribution in [-0.2, 0) is 0 Å². The summed E-state index contributed by atoms with van der Waals surface area (Å²) < 4.78 is 0. The molecule has 0 aromatic heterocycles. The Morgan fingerprint density at radius 1 is 1.58 bits per heavy atom. The van der Waals surface area contributed by atoms with Gasteiger partial charge in [-0.15, -0.1) is 0 Å². The monoisotopic (exact) mass is 172 g/mol. The largest absolute Gasteiger partial charge is 0.411 e. The molecule has 0 aromatic carbocycles. The summed E-state index contributed by atoms with van der Waals surface area (Å²) in [7, 11) is 0. The van der Waals surface area contributed by atoms with Crippen LogP contribution in [0.1, 0.15) is 25.7 Å². The lowest BCUT2D eigenvalue weighted by atomic mass is 10.0. The maximum Gasteiger partial charge on any atom is 0.245 e. The van der Waals surface area contributed by atoms with Crippen molar-refractivity contribution in [2.75, 3.05) is 6.54 Å². The van der Waals surface area contributed by atoms with Gasteiger partial charge in [-0.05, 0) is 12.8 Å². The number of rotatable bonds is 3. The highest BCUT2D eigenvalue weighted by molar-refractivity contribution is 5.87. The molecular formula is C7H12N2O3. The van der Waals surface area contributed by atoms with E-state index in [-0.39, 0.29) is 12.5 Å². The summed E-state index contributed by atoms with van der Waals surface area (Å²) in [5.74, 6) is 0.139. The molecule has 0 aliphatic heterocycles. The zero-order chi connectivity index (χ0) is 8.97. The van der Waals surface area contributed by atoms with Crippen molar-refractivity contribution >= 4 is 5.71 Å². The van der Waals surface area contributed by atoms with Gasteiger partial charge in [0.15, 0.2) is 0 Å². The Bertz CT molecular complexity index is 197. The minimum absolute atomic E-state index is 0.139. The van der Waals surface area contributed by atoms with E-state index in [1.54, 1.807) is 0 Å². The van der Waals surface area contributed by atoms with Gasteiger partial charge < -0.3 is 5.21 Å². The highest BCUT2D eigenvalue weighted by Gasteiger charge is 2.24. The van der Waals surface area contributed by atoms with Crippen LogP contribution in [0.15, 0.2) is 5.16 Å². The van der Waals surface area contributed by atoms with Crippen molar-refractivity contribution in [2.45, 2.75) is 25.7 Å². The molecule has 1 saturated carbocycles. The summed E-state index contributed by atoms with van der Waals surface area (Å²) in [6.45, 7) is -0.318. The van der Waals surface area contributed by atoms with E-state index >= 15 is 0 Å². The first-order chi connectivity index (χ1) is 5.74. The van der Waals surface area contributed by atoms with Crippen LogP contribution in [0.5, 0.6) is 0 Å². The van der Waals surface area contributed by atoms with Gasteiger partial charge in [-0.25, -0.2) is 0 Å². The third-order valence-corrected chi connectivity index (χ3v) is 2.25. The molecule has 0 radical (unpaired) electrons. The van der Waals surface area contributed by atoms with Crippen molar-refractivity contribution in [3.63, 3.8) is 0 Å². The third-order valence-electron chi connectivity index (χ3n) is 2.25. The Morgan fingerprint density at radius 2 is 2.17 bits per heavy atom. The number of nitro groups is 1. The molecule has 0 bridgehead atoms. The Morgan fingerprint density at radius 3 is 2.58 bits per heavy atom. The van der Waals surface area contributed by atoms with Crippen LogP contribution in [0.3, 0.4) is 0 Å². The van der Waals surface area contributed by atoms with Crippen molar-refractivity contribution in [1.29, 1.82) is 0 Å².